The molecule has 3 aromatic rings. The number of hydroxylamine groups is 1. The van der Waals surface area contributed by atoms with Gasteiger partial charge in [0.25, 0.3) is 5.91 Å². The van der Waals surface area contributed by atoms with Crippen molar-refractivity contribution in [3.8, 4) is 5.75 Å². The number of carbonyl (C=O) groups excluding carboxylic acids is 2. The minimum absolute atomic E-state index is 0.168. The first kappa shape index (κ1) is 22.7. The topological polar surface area (TPSA) is 95.0 Å². The molecule has 172 valence electrons. The average Bonchev–Trinajstić information content (AvgIpc) is 3.17. The summed E-state index contributed by atoms with van der Waals surface area (Å²) in [5.41, 5.74) is 5.32. The lowest BCUT2D eigenvalue weighted by Crippen LogP contribution is -2.54. The fourth-order valence-electron chi connectivity index (χ4n) is 4.52. The van der Waals surface area contributed by atoms with Crippen LogP contribution in [0.1, 0.15) is 29.2 Å². The van der Waals surface area contributed by atoms with Crippen LogP contribution in [0.4, 0.5) is 0 Å². The summed E-state index contributed by atoms with van der Waals surface area (Å²) in [6.07, 6.45) is -0.328. The van der Waals surface area contributed by atoms with Crippen LogP contribution in [0.15, 0.2) is 54.6 Å². The van der Waals surface area contributed by atoms with Gasteiger partial charge in [-0.3, -0.25) is 24.7 Å². The smallest absolute Gasteiger partial charge is 0.281 e. The summed E-state index contributed by atoms with van der Waals surface area (Å²) in [7, 11) is 3.39. The third-order valence-corrected chi connectivity index (χ3v) is 5.98. The van der Waals surface area contributed by atoms with E-state index in [2.05, 4.69) is 4.98 Å². The van der Waals surface area contributed by atoms with Crippen molar-refractivity contribution in [3.05, 3.63) is 71.4 Å². The highest BCUT2D eigenvalue weighted by Gasteiger charge is 2.41. The summed E-state index contributed by atoms with van der Waals surface area (Å²) in [5.74, 6) is -0.590. The fourth-order valence-corrected chi connectivity index (χ4v) is 4.52. The molecule has 2 amide bonds. The Bertz CT molecular complexity index is 1180. The molecule has 1 aliphatic heterocycles. The standard InChI is InChI=1S/C25H28N4O4/c1-16-14-17(18-8-4-6-10-21(18)26-16)15-33-22-11-7-5-9-19(22)20-12-13-29(25(20)31)24(28(2)3)23(30)27-32/h4-11,14,20,24,32H,12-13,15H2,1-3H3,(H,27,30)/t20-,24+/m1/s1. The Balaban J connectivity index is 1.58. The summed E-state index contributed by atoms with van der Waals surface area (Å²) in [5, 5.41) is 10.1. The van der Waals surface area contributed by atoms with E-state index in [0.29, 0.717) is 25.3 Å². The molecule has 1 aliphatic rings. The minimum Gasteiger partial charge on any atom is -0.489 e. The van der Waals surface area contributed by atoms with Crippen LogP contribution in [0.2, 0.25) is 0 Å². The number of aromatic nitrogens is 1. The van der Waals surface area contributed by atoms with E-state index < -0.39 is 18.0 Å². The number of fused-ring (bicyclic) bond motifs is 1. The molecular formula is C25H28N4O4. The second kappa shape index (κ2) is 9.56. The molecule has 1 fully saturated rings. The Hall–Kier alpha value is -3.49. The Labute approximate surface area is 192 Å². The van der Waals surface area contributed by atoms with E-state index in [1.807, 2.05) is 61.5 Å². The first-order valence-corrected chi connectivity index (χ1v) is 10.9. The molecule has 33 heavy (non-hydrogen) atoms. The Kier molecular flexibility index (Phi) is 6.57. The molecule has 0 radical (unpaired) electrons. The van der Waals surface area contributed by atoms with E-state index >= 15 is 0 Å². The first-order valence-electron chi connectivity index (χ1n) is 10.9. The molecule has 0 spiro atoms. The number of hydrogen-bond donors (Lipinski definition) is 2. The normalized spacial score (nSPS) is 16.9. The van der Waals surface area contributed by atoms with Gasteiger partial charge < -0.3 is 9.64 Å². The number of carbonyl (C=O) groups is 2. The van der Waals surface area contributed by atoms with E-state index in [0.717, 1.165) is 27.7 Å². The predicted octanol–water partition coefficient (Wildman–Crippen LogP) is 2.83. The highest BCUT2D eigenvalue weighted by Crippen LogP contribution is 2.36. The molecule has 8 heteroatoms. The van der Waals surface area contributed by atoms with Gasteiger partial charge in [-0.25, -0.2) is 5.48 Å². The number of aryl methyl sites for hydroxylation is 1. The summed E-state index contributed by atoms with van der Waals surface area (Å²) >= 11 is 0. The average molecular weight is 449 g/mol. The number of likely N-dealkylation sites (N-methyl/N-ethyl adjacent to an activating group) is 1. The van der Waals surface area contributed by atoms with Crippen molar-refractivity contribution < 1.29 is 19.5 Å². The molecule has 2 aromatic carbocycles. The van der Waals surface area contributed by atoms with Crippen LogP contribution in [0.5, 0.6) is 5.75 Å². The maximum absolute atomic E-state index is 13.3. The number of para-hydroxylation sites is 2. The van der Waals surface area contributed by atoms with Crippen molar-refractivity contribution in [2.24, 2.45) is 0 Å². The molecular weight excluding hydrogens is 420 g/mol. The molecule has 1 saturated heterocycles. The number of pyridine rings is 1. The van der Waals surface area contributed by atoms with Gasteiger partial charge in [-0.05, 0) is 45.6 Å². The lowest BCUT2D eigenvalue weighted by molar-refractivity contribution is -0.148. The van der Waals surface area contributed by atoms with Gasteiger partial charge >= 0.3 is 0 Å². The van der Waals surface area contributed by atoms with Gasteiger partial charge in [0, 0.05) is 28.8 Å². The SMILES string of the molecule is Cc1cc(COc2ccccc2[C@H]2CCN([C@@H](C(=O)NO)N(C)C)C2=O)c2ccccc2n1. The number of hydrogen-bond acceptors (Lipinski definition) is 6. The zero-order valence-electron chi connectivity index (χ0n) is 19.0. The highest BCUT2D eigenvalue weighted by atomic mass is 16.5. The van der Waals surface area contributed by atoms with E-state index in [1.54, 1.807) is 24.5 Å². The zero-order valence-corrected chi connectivity index (χ0v) is 19.0. The van der Waals surface area contributed by atoms with Gasteiger partial charge in [-0.1, -0.05) is 36.4 Å². The second-order valence-electron chi connectivity index (χ2n) is 8.45. The number of nitrogens with one attached hydrogen (secondary N) is 1. The maximum Gasteiger partial charge on any atom is 0.281 e. The van der Waals surface area contributed by atoms with E-state index in [4.69, 9.17) is 9.94 Å². The van der Waals surface area contributed by atoms with E-state index in [9.17, 15) is 9.59 Å². The molecule has 2 heterocycles. The molecule has 0 aliphatic carbocycles. The number of benzene rings is 2. The first-order chi connectivity index (χ1) is 15.9. The molecule has 0 saturated carbocycles. The summed E-state index contributed by atoms with van der Waals surface area (Å²) in [6.45, 7) is 2.71. The monoisotopic (exact) mass is 448 g/mol. The largest absolute Gasteiger partial charge is 0.489 e. The van der Waals surface area contributed by atoms with Crippen LogP contribution in [0, 0.1) is 6.92 Å². The number of likely N-dealkylation sites (tertiary alicyclic amines) is 1. The fraction of sp³-hybridized carbons (Fsp3) is 0.320. The van der Waals surface area contributed by atoms with Crippen molar-refractivity contribution in [2.75, 3.05) is 20.6 Å². The molecule has 8 nitrogen and oxygen atoms in total. The van der Waals surface area contributed by atoms with Crippen molar-refractivity contribution in [1.29, 1.82) is 0 Å². The van der Waals surface area contributed by atoms with Crippen molar-refractivity contribution in [2.45, 2.75) is 32.0 Å². The molecule has 2 atom stereocenters. The minimum atomic E-state index is -0.883. The summed E-state index contributed by atoms with van der Waals surface area (Å²) < 4.78 is 6.23. The van der Waals surface area contributed by atoms with Crippen LogP contribution in [-0.4, -0.2) is 58.6 Å². The molecule has 2 N–H and O–H groups in total. The second-order valence-corrected chi connectivity index (χ2v) is 8.45. The van der Waals surface area contributed by atoms with Gasteiger partial charge in [0.05, 0.1) is 11.4 Å². The third-order valence-electron chi connectivity index (χ3n) is 5.98. The molecule has 4 rings (SSSR count). The third kappa shape index (κ3) is 4.53. The summed E-state index contributed by atoms with van der Waals surface area (Å²) in [6, 6.07) is 17.5. The number of ether oxygens (including phenoxy) is 1. The van der Waals surface area contributed by atoms with Gasteiger partial charge in [0.15, 0.2) is 6.17 Å². The predicted molar refractivity (Wildman–Crippen MR) is 124 cm³/mol. The molecule has 1 aromatic heterocycles. The van der Waals surface area contributed by atoms with Crippen LogP contribution >= 0.6 is 0 Å². The Morgan fingerprint density at radius 3 is 2.73 bits per heavy atom. The molecule has 0 unspecified atom stereocenters. The van der Waals surface area contributed by atoms with Crippen molar-refractivity contribution in [1.82, 2.24) is 20.3 Å². The zero-order chi connectivity index (χ0) is 23.5. The van der Waals surface area contributed by atoms with Crippen LogP contribution < -0.4 is 10.2 Å². The highest BCUT2D eigenvalue weighted by molar-refractivity contribution is 5.92. The van der Waals surface area contributed by atoms with Gasteiger partial charge in [0.1, 0.15) is 12.4 Å². The van der Waals surface area contributed by atoms with E-state index in [1.165, 1.54) is 4.90 Å². The van der Waals surface area contributed by atoms with Gasteiger partial charge in [-0.2, -0.15) is 0 Å². The van der Waals surface area contributed by atoms with E-state index in [-0.39, 0.29) is 5.91 Å². The number of rotatable bonds is 7. The lowest BCUT2D eigenvalue weighted by Gasteiger charge is -2.31. The lowest BCUT2D eigenvalue weighted by atomic mass is 9.96. The summed E-state index contributed by atoms with van der Waals surface area (Å²) in [4.78, 5) is 33.1. The van der Waals surface area contributed by atoms with Crippen molar-refractivity contribution >= 4 is 22.7 Å². The number of amides is 2. The van der Waals surface area contributed by atoms with Crippen LogP contribution in [0.3, 0.4) is 0 Å². The quantitative estimate of drug-likeness (QED) is 0.426. The van der Waals surface area contributed by atoms with Crippen LogP contribution in [0.25, 0.3) is 10.9 Å². The van der Waals surface area contributed by atoms with Crippen molar-refractivity contribution in [3.63, 3.8) is 0 Å². The Morgan fingerprint density at radius 1 is 1.24 bits per heavy atom. The Morgan fingerprint density at radius 2 is 1.97 bits per heavy atom. The maximum atomic E-state index is 13.3. The van der Waals surface area contributed by atoms with Gasteiger partial charge in [0.2, 0.25) is 5.91 Å². The molecule has 0 bridgehead atoms. The number of nitrogens with zero attached hydrogens (tertiary/aromatic N) is 3. The van der Waals surface area contributed by atoms with Gasteiger partial charge in [-0.15, -0.1) is 0 Å². The van der Waals surface area contributed by atoms with Crippen LogP contribution in [-0.2, 0) is 16.2 Å².